The lowest BCUT2D eigenvalue weighted by Crippen LogP contribution is -2.08. The fraction of sp³-hybridized carbons (Fsp3) is 0.0769. The topological polar surface area (TPSA) is 17.1 Å². The summed E-state index contributed by atoms with van der Waals surface area (Å²) in [6.45, 7) is 0. The molecule has 1 aliphatic rings. The van der Waals surface area contributed by atoms with Crippen LogP contribution >= 0.6 is 7.80 Å². The summed E-state index contributed by atoms with van der Waals surface area (Å²) in [7, 11) is -1.24. The minimum absolute atomic E-state index is 0.683. The molecular formula is C13H10OP+. The molecule has 2 aromatic rings. The highest BCUT2D eigenvalue weighted by Crippen LogP contribution is 2.39. The molecule has 15 heavy (non-hydrogen) atoms. The molecule has 0 saturated heterocycles. The largest absolute Gasteiger partial charge is 0.382 e. The monoisotopic (exact) mass is 213 g/mol. The number of fused-ring (bicyclic) bond motifs is 3. The molecule has 0 spiro atoms. The van der Waals surface area contributed by atoms with Crippen LogP contribution in [-0.4, -0.2) is 0 Å². The third-order valence-electron chi connectivity index (χ3n) is 2.79. The molecule has 1 atom stereocenters. The van der Waals surface area contributed by atoms with E-state index in [4.69, 9.17) is 0 Å². The average molecular weight is 213 g/mol. The van der Waals surface area contributed by atoms with Crippen LogP contribution < -0.4 is 5.30 Å². The molecule has 2 aromatic carbocycles. The van der Waals surface area contributed by atoms with Crippen molar-refractivity contribution in [2.75, 3.05) is 0 Å². The third kappa shape index (κ3) is 1.32. The van der Waals surface area contributed by atoms with Crippen LogP contribution in [0.5, 0.6) is 0 Å². The van der Waals surface area contributed by atoms with E-state index >= 15 is 0 Å². The van der Waals surface area contributed by atoms with Gasteiger partial charge in [-0.2, -0.15) is 0 Å². The van der Waals surface area contributed by atoms with Crippen molar-refractivity contribution in [2.24, 2.45) is 0 Å². The van der Waals surface area contributed by atoms with Crippen molar-refractivity contribution in [1.82, 2.24) is 0 Å². The van der Waals surface area contributed by atoms with Crippen molar-refractivity contribution in [1.29, 1.82) is 0 Å². The van der Waals surface area contributed by atoms with Gasteiger partial charge in [0.25, 0.3) is 0 Å². The van der Waals surface area contributed by atoms with Crippen LogP contribution in [0.2, 0.25) is 0 Å². The van der Waals surface area contributed by atoms with Crippen molar-refractivity contribution < 1.29 is 4.57 Å². The summed E-state index contributed by atoms with van der Waals surface area (Å²) in [4.78, 5) is 0. The second kappa shape index (κ2) is 3.29. The van der Waals surface area contributed by atoms with E-state index in [0.717, 1.165) is 10.9 Å². The van der Waals surface area contributed by atoms with Gasteiger partial charge in [-0.05, 0) is 17.7 Å². The van der Waals surface area contributed by atoms with Crippen LogP contribution in [0.3, 0.4) is 0 Å². The van der Waals surface area contributed by atoms with Crippen LogP contribution in [0, 0.1) is 0 Å². The lowest BCUT2D eigenvalue weighted by molar-refractivity contribution is 0.592. The highest BCUT2D eigenvalue weighted by atomic mass is 31.1. The molecule has 0 radical (unpaired) electrons. The summed E-state index contributed by atoms with van der Waals surface area (Å²) in [6, 6.07) is 16.2. The van der Waals surface area contributed by atoms with Gasteiger partial charge in [-0.25, -0.2) is 0 Å². The first-order valence-electron chi connectivity index (χ1n) is 4.98. The lowest BCUT2D eigenvalue weighted by atomic mass is 10.0. The van der Waals surface area contributed by atoms with Crippen molar-refractivity contribution in [3.63, 3.8) is 0 Å². The molecular weight excluding hydrogens is 203 g/mol. The Hall–Kier alpha value is -1.46. The van der Waals surface area contributed by atoms with Crippen LogP contribution in [0.15, 0.2) is 48.5 Å². The first-order chi connectivity index (χ1) is 7.36. The maximum absolute atomic E-state index is 12.0. The summed E-state index contributed by atoms with van der Waals surface area (Å²) < 4.78 is 12.0. The molecule has 0 fully saturated rings. The zero-order valence-electron chi connectivity index (χ0n) is 8.18. The van der Waals surface area contributed by atoms with Gasteiger partial charge in [0, 0.05) is 11.1 Å². The van der Waals surface area contributed by atoms with E-state index in [9.17, 15) is 4.57 Å². The Morgan fingerprint density at radius 3 is 2.40 bits per heavy atom. The van der Waals surface area contributed by atoms with Crippen LogP contribution in [-0.2, 0) is 10.7 Å². The molecule has 0 aromatic heterocycles. The Kier molecular flexibility index (Phi) is 1.93. The summed E-state index contributed by atoms with van der Waals surface area (Å²) in [5, 5.41) is 1.01. The minimum Gasteiger partial charge on any atom is -0.0677 e. The molecule has 1 aliphatic heterocycles. The van der Waals surface area contributed by atoms with Crippen LogP contribution in [0.1, 0.15) is 5.56 Å². The van der Waals surface area contributed by atoms with E-state index < -0.39 is 7.80 Å². The predicted octanol–water partition coefficient (Wildman–Crippen LogP) is 3.32. The second-order valence-corrected chi connectivity index (χ2v) is 5.27. The standard InChI is InChI=1S/C13H10OP/c14-15-9-10-5-1-2-6-11(10)12-7-3-4-8-13(12)15/h1-8H,9H2/q+1. The van der Waals surface area contributed by atoms with Gasteiger partial charge in [0.2, 0.25) is 0 Å². The number of rotatable bonds is 0. The number of hydrogen-bond acceptors (Lipinski definition) is 1. The maximum atomic E-state index is 12.0. The third-order valence-corrected chi connectivity index (χ3v) is 4.35. The SMILES string of the molecule is O=[P+]1Cc2ccccc2-c2ccccc21. The van der Waals surface area contributed by atoms with Crippen molar-refractivity contribution in [2.45, 2.75) is 6.16 Å². The molecule has 2 heteroatoms. The first kappa shape index (κ1) is 8.82. The Morgan fingerprint density at radius 2 is 1.53 bits per heavy atom. The van der Waals surface area contributed by atoms with Gasteiger partial charge in [0.1, 0.15) is 0 Å². The Labute approximate surface area is 89.6 Å². The fourth-order valence-corrected chi connectivity index (χ4v) is 3.55. The molecule has 3 rings (SSSR count). The molecule has 0 bridgehead atoms. The van der Waals surface area contributed by atoms with Crippen molar-refractivity contribution in [3.8, 4) is 11.1 Å². The quantitative estimate of drug-likeness (QED) is 0.613. The van der Waals surface area contributed by atoms with Crippen molar-refractivity contribution >= 4 is 13.1 Å². The Bertz CT molecular complexity index is 546. The minimum atomic E-state index is -1.24. The lowest BCUT2D eigenvalue weighted by Gasteiger charge is -2.11. The second-order valence-electron chi connectivity index (χ2n) is 3.71. The molecule has 0 amide bonds. The van der Waals surface area contributed by atoms with E-state index in [1.807, 2.05) is 30.3 Å². The average Bonchev–Trinajstić information content (AvgIpc) is 2.30. The number of hydrogen-bond donors (Lipinski definition) is 0. The Morgan fingerprint density at radius 1 is 0.867 bits per heavy atom. The highest BCUT2D eigenvalue weighted by molar-refractivity contribution is 7.53. The summed E-state index contributed by atoms with van der Waals surface area (Å²) in [6.07, 6.45) is 0.683. The van der Waals surface area contributed by atoms with Gasteiger partial charge in [-0.1, -0.05) is 41.0 Å². The van der Waals surface area contributed by atoms with Gasteiger partial charge in [-0.15, -0.1) is 0 Å². The van der Waals surface area contributed by atoms with Gasteiger partial charge in [-0.3, -0.25) is 0 Å². The van der Waals surface area contributed by atoms with E-state index in [1.54, 1.807) is 0 Å². The van der Waals surface area contributed by atoms with Crippen LogP contribution in [0.25, 0.3) is 11.1 Å². The van der Waals surface area contributed by atoms with Crippen LogP contribution in [0.4, 0.5) is 0 Å². The maximum Gasteiger partial charge on any atom is 0.382 e. The van der Waals surface area contributed by atoms with Crippen molar-refractivity contribution in [3.05, 3.63) is 54.1 Å². The summed E-state index contributed by atoms with van der Waals surface area (Å²) in [5.41, 5.74) is 3.58. The molecule has 0 saturated carbocycles. The van der Waals surface area contributed by atoms with Gasteiger partial charge >= 0.3 is 7.80 Å². The summed E-state index contributed by atoms with van der Waals surface area (Å²) in [5.74, 6) is 0. The van der Waals surface area contributed by atoms with Gasteiger partial charge in [0.05, 0.1) is 0 Å². The number of benzene rings is 2. The zero-order valence-corrected chi connectivity index (χ0v) is 9.08. The molecule has 72 valence electrons. The molecule has 0 aliphatic carbocycles. The Balaban J connectivity index is 2.34. The predicted molar refractivity (Wildman–Crippen MR) is 62.8 cm³/mol. The van der Waals surface area contributed by atoms with E-state index in [-0.39, 0.29) is 0 Å². The molecule has 1 unspecified atom stereocenters. The van der Waals surface area contributed by atoms with E-state index in [1.165, 1.54) is 11.1 Å². The first-order valence-corrected chi connectivity index (χ1v) is 6.43. The molecule has 1 nitrogen and oxygen atoms in total. The zero-order chi connectivity index (χ0) is 10.3. The molecule has 1 heterocycles. The van der Waals surface area contributed by atoms with Gasteiger partial charge < -0.3 is 0 Å². The normalized spacial score (nSPS) is 15.6. The smallest absolute Gasteiger partial charge is 0.0677 e. The summed E-state index contributed by atoms with van der Waals surface area (Å²) >= 11 is 0. The van der Waals surface area contributed by atoms with E-state index in [2.05, 4.69) is 18.2 Å². The fourth-order valence-electron chi connectivity index (χ4n) is 2.08. The molecule has 0 N–H and O–H groups in total. The van der Waals surface area contributed by atoms with E-state index in [0.29, 0.717) is 6.16 Å². The highest BCUT2D eigenvalue weighted by Gasteiger charge is 2.31. The van der Waals surface area contributed by atoms with Gasteiger partial charge in [0.15, 0.2) is 11.5 Å².